The fourth-order valence-electron chi connectivity index (χ4n) is 4.63. The topological polar surface area (TPSA) is 113 Å². The molecule has 0 saturated carbocycles. The predicted molar refractivity (Wildman–Crippen MR) is 105 cm³/mol. The van der Waals surface area contributed by atoms with Gasteiger partial charge in [-0.3, -0.25) is 9.59 Å². The zero-order chi connectivity index (χ0) is 20.8. The van der Waals surface area contributed by atoms with Crippen LogP contribution in [0.15, 0.2) is 29.2 Å². The van der Waals surface area contributed by atoms with Crippen LogP contribution in [0.4, 0.5) is 5.69 Å². The molecular weight excluding hydrogens is 396 g/mol. The predicted octanol–water partition coefficient (Wildman–Crippen LogP) is 1.92. The third kappa shape index (κ3) is 3.78. The van der Waals surface area contributed by atoms with Crippen LogP contribution in [-0.2, 0) is 24.3 Å². The molecule has 4 rings (SSSR count). The molecule has 2 bridgehead atoms. The lowest BCUT2D eigenvalue weighted by atomic mass is 9.78. The third-order valence-electron chi connectivity index (χ3n) is 6.36. The Morgan fingerprint density at radius 2 is 1.62 bits per heavy atom. The van der Waals surface area contributed by atoms with Crippen LogP contribution in [-0.4, -0.2) is 55.0 Å². The van der Waals surface area contributed by atoms with Crippen LogP contribution in [0.2, 0.25) is 0 Å². The Morgan fingerprint density at radius 3 is 2.21 bits per heavy atom. The molecule has 3 fully saturated rings. The number of piperidine rings is 1. The van der Waals surface area contributed by atoms with Crippen molar-refractivity contribution in [2.24, 2.45) is 17.8 Å². The van der Waals surface area contributed by atoms with Crippen LogP contribution in [0.5, 0.6) is 0 Å². The number of nitrogens with one attached hydrogen (secondary N) is 1. The largest absolute Gasteiger partial charge is 0.481 e. The molecule has 29 heavy (non-hydrogen) atoms. The number of carboxylic acids is 1. The van der Waals surface area contributed by atoms with Crippen molar-refractivity contribution in [2.45, 2.75) is 49.7 Å². The van der Waals surface area contributed by atoms with Crippen LogP contribution < -0.4 is 5.32 Å². The van der Waals surface area contributed by atoms with Crippen molar-refractivity contribution in [2.75, 3.05) is 18.4 Å². The first-order valence-electron chi connectivity index (χ1n) is 10.1. The van der Waals surface area contributed by atoms with Gasteiger partial charge in [-0.25, -0.2) is 8.42 Å². The second-order valence-electron chi connectivity index (χ2n) is 8.28. The Labute approximate surface area is 170 Å². The number of carbonyl (C=O) groups is 2. The normalized spacial score (nSPS) is 30.4. The van der Waals surface area contributed by atoms with Gasteiger partial charge >= 0.3 is 5.97 Å². The molecule has 0 spiro atoms. The number of benzene rings is 1. The van der Waals surface area contributed by atoms with Gasteiger partial charge in [0.05, 0.1) is 28.9 Å². The summed E-state index contributed by atoms with van der Waals surface area (Å²) < 4.78 is 32.7. The van der Waals surface area contributed by atoms with Gasteiger partial charge in [0, 0.05) is 18.8 Å². The molecule has 0 unspecified atom stereocenters. The van der Waals surface area contributed by atoms with Crippen molar-refractivity contribution in [1.82, 2.24) is 4.31 Å². The zero-order valence-electron chi connectivity index (χ0n) is 16.3. The minimum Gasteiger partial charge on any atom is -0.481 e. The second kappa shape index (κ2) is 7.70. The number of amides is 1. The SMILES string of the molecule is CC1CCN(S(=O)(=O)c2ccc(NC(=O)[C@H]3[C@@H](C(=O)O)[C@H]4CC[C@@H]3O4)cc2)CC1. The second-order valence-corrected chi connectivity index (χ2v) is 10.2. The van der Waals surface area contributed by atoms with Crippen molar-refractivity contribution < 1.29 is 27.9 Å². The quantitative estimate of drug-likeness (QED) is 0.750. The Balaban J connectivity index is 1.44. The number of hydrogen-bond donors (Lipinski definition) is 2. The standard InChI is InChI=1S/C20H26N2O6S/c1-12-8-10-22(11-9-12)29(26,27)14-4-2-13(3-5-14)21-19(23)17-15-6-7-16(28-15)18(17)20(24)25/h2-5,12,15-18H,6-11H2,1H3,(H,21,23)(H,24,25)/t15-,16+,17+,18-/m0/s1. The summed E-state index contributed by atoms with van der Waals surface area (Å²) in [5.41, 5.74) is 0.438. The first-order valence-corrected chi connectivity index (χ1v) is 11.5. The summed E-state index contributed by atoms with van der Waals surface area (Å²) in [6.45, 7) is 3.16. The highest BCUT2D eigenvalue weighted by Crippen LogP contribution is 2.44. The van der Waals surface area contributed by atoms with Gasteiger partial charge < -0.3 is 15.2 Å². The van der Waals surface area contributed by atoms with E-state index in [0.717, 1.165) is 12.8 Å². The average Bonchev–Trinajstić information content (AvgIpc) is 3.30. The maximum atomic E-state index is 12.8. The maximum Gasteiger partial charge on any atom is 0.310 e. The number of carbonyl (C=O) groups excluding carboxylic acids is 1. The highest BCUT2D eigenvalue weighted by Gasteiger charge is 2.55. The van der Waals surface area contributed by atoms with Crippen LogP contribution in [0.25, 0.3) is 0 Å². The summed E-state index contributed by atoms with van der Waals surface area (Å²) in [6, 6.07) is 6.05. The van der Waals surface area contributed by atoms with E-state index in [9.17, 15) is 23.1 Å². The summed E-state index contributed by atoms with van der Waals surface area (Å²) in [5.74, 6) is -2.46. The lowest BCUT2D eigenvalue weighted by molar-refractivity contribution is -0.147. The van der Waals surface area contributed by atoms with E-state index in [2.05, 4.69) is 12.2 Å². The number of hydrogen-bond acceptors (Lipinski definition) is 5. The average molecular weight is 423 g/mol. The Bertz CT molecular complexity index is 892. The van der Waals surface area contributed by atoms with Gasteiger partial charge in [0.2, 0.25) is 15.9 Å². The van der Waals surface area contributed by atoms with Crippen LogP contribution in [0.3, 0.4) is 0 Å². The molecule has 0 aliphatic carbocycles. The van der Waals surface area contributed by atoms with E-state index >= 15 is 0 Å². The van der Waals surface area contributed by atoms with E-state index in [1.54, 1.807) is 12.1 Å². The van der Waals surface area contributed by atoms with Crippen LogP contribution in [0.1, 0.15) is 32.6 Å². The number of fused-ring (bicyclic) bond motifs is 2. The number of sulfonamides is 1. The molecular formula is C20H26N2O6S. The highest BCUT2D eigenvalue weighted by molar-refractivity contribution is 7.89. The van der Waals surface area contributed by atoms with E-state index in [1.165, 1.54) is 16.4 Å². The maximum absolute atomic E-state index is 12.8. The summed E-state index contributed by atoms with van der Waals surface area (Å²) in [4.78, 5) is 24.4. The summed E-state index contributed by atoms with van der Waals surface area (Å²) in [6.07, 6.45) is 2.26. The van der Waals surface area contributed by atoms with E-state index < -0.39 is 39.8 Å². The molecule has 3 saturated heterocycles. The molecule has 0 aromatic heterocycles. The van der Waals surface area contributed by atoms with Crippen molar-refractivity contribution in [3.63, 3.8) is 0 Å². The van der Waals surface area contributed by atoms with Gasteiger partial charge in [-0.15, -0.1) is 0 Å². The molecule has 0 radical (unpaired) electrons. The minimum absolute atomic E-state index is 0.191. The fourth-order valence-corrected chi connectivity index (χ4v) is 6.10. The van der Waals surface area contributed by atoms with Gasteiger partial charge in [-0.2, -0.15) is 4.31 Å². The van der Waals surface area contributed by atoms with E-state index in [4.69, 9.17) is 4.74 Å². The molecule has 3 aliphatic rings. The Morgan fingerprint density at radius 1 is 1.03 bits per heavy atom. The summed E-state index contributed by atoms with van der Waals surface area (Å²) in [5, 5.41) is 12.2. The van der Waals surface area contributed by atoms with Gasteiger partial charge in [0.1, 0.15) is 0 Å². The molecule has 1 aromatic carbocycles. The summed E-state index contributed by atoms with van der Waals surface area (Å²) >= 11 is 0. The molecule has 3 aliphatic heterocycles. The molecule has 3 heterocycles. The zero-order valence-corrected chi connectivity index (χ0v) is 17.1. The van der Waals surface area contributed by atoms with Gasteiger partial charge in [-0.1, -0.05) is 6.92 Å². The fraction of sp³-hybridized carbons (Fsp3) is 0.600. The number of ether oxygens (including phenoxy) is 1. The number of carboxylic acid groups (broad SMARTS) is 1. The first kappa shape index (κ1) is 20.3. The number of rotatable bonds is 5. The van der Waals surface area contributed by atoms with Crippen molar-refractivity contribution in [3.05, 3.63) is 24.3 Å². The molecule has 1 aromatic rings. The Hall–Kier alpha value is -1.97. The van der Waals surface area contributed by atoms with Crippen LogP contribution >= 0.6 is 0 Å². The van der Waals surface area contributed by atoms with Gasteiger partial charge in [-0.05, 0) is 55.9 Å². The van der Waals surface area contributed by atoms with E-state index in [0.29, 0.717) is 37.5 Å². The molecule has 8 nitrogen and oxygen atoms in total. The monoisotopic (exact) mass is 422 g/mol. The molecule has 4 atom stereocenters. The van der Waals surface area contributed by atoms with Crippen molar-refractivity contribution in [3.8, 4) is 0 Å². The Kier molecular flexibility index (Phi) is 5.39. The van der Waals surface area contributed by atoms with Gasteiger partial charge in [0.25, 0.3) is 0 Å². The third-order valence-corrected chi connectivity index (χ3v) is 8.28. The first-order chi connectivity index (χ1) is 13.8. The van der Waals surface area contributed by atoms with Crippen molar-refractivity contribution in [1.29, 1.82) is 0 Å². The lowest BCUT2D eigenvalue weighted by Crippen LogP contribution is -2.41. The van der Waals surface area contributed by atoms with Gasteiger partial charge in [0.15, 0.2) is 0 Å². The molecule has 158 valence electrons. The number of nitrogens with zero attached hydrogens (tertiary/aromatic N) is 1. The van der Waals surface area contributed by atoms with E-state index in [-0.39, 0.29) is 11.0 Å². The minimum atomic E-state index is -3.55. The lowest BCUT2D eigenvalue weighted by Gasteiger charge is -2.29. The molecule has 1 amide bonds. The molecule has 2 N–H and O–H groups in total. The van der Waals surface area contributed by atoms with Crippen LogP contribution in [0, 0.1) is 17.8 Å². The smallest absolute Gasteiger partial charge is 0.310 e. The highest BCUT2D eigenvalue weighted by atomic mass is 32.2. The van der Waals surface area contributed by atoms with E-state index in [1.807, 2.05) is 0 Å². The number of anilines is 1. The number of aliphatic carboxylic acids is 1. The van der Waals surface area contributed by atoms with Crippen molar-refractivity contribution >= 4 is 27.6 Å². The summed E-state index contributed by atoms with van der Waals surface area (Å²) in [7, 11) is -3.55. The molecule has 9 heteroatoms.